The highest BCUT2D eigenvalue weighted by Crippen LogP contribution is 2.40. The monoisotopic (exact) mass is 568 g/mol. The largest absolute Gasteiger partial charge is 0.444 e. The van der Waals surface area contributed by atoms with Gasteiger partial charge in [-0.15, -0.1) is 0 Å². The number of nitrogens with zero attached hydrogens (tertiary/aromatic N) is 2. The van der Waals surface area contributed by atoms with Crippen LogP contribution in [0.1, 0.15) is 56.9 Å². The number of fused-ring (bicyclic) bond motifs is 1. The molecule has 1 saturated heterocycles. The van der Waals surface area contributed by atoms with Crippen LogP contribution in [0, 0.1) is 5.41 Å². The minimum Gasteiger partial charge on any atom is -0.444 e. The van der Waals surface area contributed by atoms with Crippen molar-refractivity contribution >= 4 is 12.0 Å². The van der Waals surface area contributed by atoms with E-state index >= 15 is 0 Å². The number of aromatic nitrogens is 1. The molecule has 1 fully saturated rings. The summed E-state index contributed by atoms with van der Waals surface area (Å²) < 4.78 is 56.4. The van der Waals surface area contributed by atoms with Gasteiger partial charge in [-0.2, -0.15) is 13.2 Å². The normalized spacial score (nSPS) is 26.9. The van der Waals surface area contributed by atoms with E-state index in [2.05, 4.69) is 15.6 Å². The van der Waals surface area contributed by atoms with E-state index < -0.39 is 28.8 Å². The van der Waals surface area contributed by atoms with Crippen molar-refractivity contribution in [1.29, 1.82) is 0 Å². The van der Waals surface area contributed by atoms with Crippen molar-refractivity contribution in [3.63, 3.8) is 0 Å². The SMILES string of the molecule is COC1COCCC1NC1C=CC(CCNC(=O)OC(C)(C)C)(C(=O)N2CCc3ncc(C(F)(F)F)cc3C2)C1. The summed E-state index contributed by atoms with van der Waals surface area (Å²) in [5, 5.41) is 6.33. The first kappa shape index (κ1) is 30.3. The molecule has 4 unspecified atom stereocenters. The van der Waals surface area contributed by atoms with Gasteiger partial charge in [0.05, 0.1) is 23.7 Å². The Morgan fingerprint density at radius 1 is 1.27 bits per heavy atom. The second kappa shape index (κ2) is 12.0. The summed E-state index contributed by atoms with van der Waals surface area (Å²) in [5.74, 6) is -0.183. The van der Waals surface area contributed by atoms with Gasteiger partial charge in [-0.05, 0) is 51.7 Å². The van der Waals surface area contributed by atoms with E-state index in [0.717, 1.165) is 18.7 Å². The van der Waals surface area contributed by atoms with Crippen LogP contribution >= 0.6 is 0 Å². The maximum absolute atomic E-state index is 14.1. The maximum Gasteiger partial charge on any atom is 0.417 e. The van der Waals surface area contributed by atoms with Crippen molar-refractivity contribution in [3.05, 3.63) is 41.2 Å². The van der Waals surface area contributed by atoms with Gasteiger partial charge in [0.25, 0.3) is 0 Å². The van der Waals surface area contributed by atoms with Gasteiger partial charge < -0.3 is 29.7 Å². The molecule has 0 bridgehead atoms. The third-order valence-corrected chi connectivity index (χ3v) is 7.59. The molecule has 0 aromatic carbocycles. The van der Waals surface area contributed by atoms with Crippen LogP contribution in [0.2, 0.25) is 0 Å². The van der Waals surface area contributed by atoms with E-state index in [4.69, 9.17) is 14.2 Å². The van der Waals surface area contributed by atoms with Crippen LogP contribution in [0.3, 0.4) is 0 Å². The summed E-state index contributed by atoms with van der Waals surface area (Å²) >= 11 is 0. The van der Waals surface area contributed by atoms with Crippen molar-refractivity contribution in [1.82, 2.24) is 20.5 Å². The number of hydrogen-bond acceptors (Lipinski definition) is 7. The van der Waals surface area contributed by atoms with Crippen LogP contribution < -0.4 is 10.6 Å². The number of carbonyl (C=O) groups is 2. The topological polar surface area (TPSA) is 102 Å². The fourth-order valence-corrected chi connectivity index (χ4v) is 5.58. The number of alkyl carbamates (subject to hydrolysis) is 1. The van der Waals surface area contributed by atoms with Gasteiger partial charge in [-0.25, -0.2) is 4.79 Å². The van der Waals surface area contributed by atoms with Gasteiger partial charge in [0.2, 0.25) is 5.91 Å². The summed E-state index contributed by atoms with van der Waals surface area (Å²) in [7, 11) is 1.64. The predicted octanol–water partition coefficient (Wildman–Crippen LogP) is 3.61. The quantitative estimate of drug-likeness (QED) is 0.485. The van der Waals surface area contributed by atoms with E-state index in [0.29, 0.717) is 50.3 Å². The van der Waals surface area contributed by atoms with Crippen LogP contribution in [-0.4, -0.2) is 79.1 Å². The second-order valence-electron chi connectivity index (χ2n) is 11.7. The number of pyridine rings is 1. The molecule has 3 heterocycles. The molecule has 1 aliphatic carbocycles. The molecular formula is C28H39F3N4O5. The van der Waals surface area contributed by atoms with Crippen LogP contribution in [0.15, 0.2) is 24.4 Å². The van der Waals surface area contributed by atoms with Crippen LogP contribution in [0.5, 0.6) is 0 Å². The Balaban J connectivity index is 1.50. The number of ether oxygens (including phenoxy) is 3. The fraction of sp³-hybridized carbons (Fsp3) is 0.679. The Bertz CT molecular complexity index is 1110. The molecular weight excluding hydrogens is 529 g/mol. The van der Waals surface area contributed by atoms with Crippen LogP contribution in [0.25, 0.3) is 0 Å². The molecule has 2 aliphatic heterocycles. The number of amides is 2. The number of alkyl halides is 3. The number of methoxy groups -OCH3 is 1. The van der Waals surface area contributed by atoms with E-state index in [-0.39, 0.29) is 37.2 Å². The number of carbonyl (C=O) groups excluding carboxylic acids is 2. The highest BCUT2D eigenvalue weighted by Gasteiger charge is 2.45. The van der Waals surface area contributed by atoms with Gasteiger partial charge >= 0.3 is 12.3 Å². The highest BCUT2D eigenvalue weighted by atomic mass is 19.4. The van der Waals surface area contributed by atoms with Crippen molar-refractivity contribution in [2.45, 2.75) is 83.0 Å². The molecule has 1 aromatic rings. The molecule has 3 aliphatic rings. The van der Waals surface area contributed by atoms with Gasteiger partial charge in [0.15, 0.2) is 0 Å². The Labute approximate surface area is 232 Å². The molecule has 0 saturated carbocycles. The smallest absolute Gasteiger partial charge is 0.417 e. The third-order valence-electron chi connectivity index (χ3n) is 7.59. The molecule has 12 heteroatoms. The van der Waals surface area contributed by atoms with Crippen molar-refractivity contribution in [2.24, 2.45) is 5.41 Å². The molecule has 4 rings (SSSR count). The van der Waals surface area contributed by atoms with Crippen LogP contribution in [-0.2, 0) is 38.1 Å². The zero-order valence-electron chi connectivity index (χ0n) is 23.5. The first-order valence-electron chi connectivity index (χ1n) is 13.7. The number of hydrogen-bond donors (Lipinski definition) is 2. The second-order valence-corrected chi connectivity index (χ2v) is 11.7. The maximum atomic E-state index is 14.1. The zero-order chi connectivity index (χ0) is 29.1. The lowest BCUT2D eigenvalue weighted by molar-refractivity contribution is -0.141. The Kier molecular flexibility index (Phi) is 9.11. The van der Waals surface area contributed by atoms with Crippen LogP contribution in [0.4, 0.5) is 18.0 Å². The molecule has 40 heavy (non-hydrogen) atoms. The molecule has 2 N–H and O–H groups in total. The lowest BCUT2D eigenvalue weighted by Gasteiger charge is -2.38. The van der Waals surface area contributed by atoms with Gasteiger partial charge in [-0.1, -0.05) is 12.2 Å². The number of rotatable bonds is 7. The predicted molar refractivity (Wildman–Crippen MR) is 140 cm³/mol. The van der Waals surface area contributed by atoms with Crippen molar-refractivity contribution in [2.75, 3.05) is 33.4 Å². The average molecular weight is 569 g/mol. The lowest BCUT2D eigenvalue weighted by atomic mass is 9.80. The Morgan fingerprint density at radius 2 is 2.05 bits per heavy atom. The molecule has 2 amide bonds. The summed E-state index contributed by atoms with van der Waals surface area (Å²) in [6.07, 6.45) is 1.38. The standard InChI is InChI=1S/C28H39F3N4O5/c1-26(2,3)40-25(37)32-10-9-27(8-5-20(14-27)34-22-7-12-39-17-23(22)38-4)24(36)35-11-6-21-18(16-35)13-19(15-33-21)28(29,30)31/h5,8,13,15,20,22-23,34H,6-7,9-12,14,16-17H2,1-4H3,(H,32,37). The average Bonchev–Trinajstić information content (AvgIpc) is 3.30. The van der Waals surface area contributed by atoms with Gasteiger partial charge in [-0.3, -0.25) is 9.78 Å². The first-order chi connectivity index (χ1) is 18.8. The Hall–Kier alpha value is -2.70. The molecule has 9 nitrogen and oxygen atoms in total. The summed E-state index contributed by atoms with van der Waals surface area (Å²) in [6.45, 7) is 6.99. The first-order valence-corrected chi connectivity index (χ1v) is 13.7. The molecule has 1 aromatic heterocycles. The highest BCUT2D eigenvalue weighted by molar-refractivity contribution is 5.86. The van der Waals surface area contributed by atoms with Crippen molar-refractivity contribution in [3.8, 4) is 0 Å². The number of halogens is 3. The molecule has 0 radical (unpaired) electrons. The summed E-state index contributed by atoms with van der Waals surface area (Å²) in [5.41, 5.74) is -1.47. The van der Waals surface area contributed by atoms with Crippen molar-refractivity contribution < 1.29 is 37.0 Å². The van der Waals surface area contributed by atoms with E-state index in [1.54, 1.807) is 32.8 Å². The minimum atomic E-state index is -4.51. The van der Waals surface area contributed by atoms with Gasteiger partial charge in [0, 0.05) is 63.7 Å². The van der Waals surface area contributed by atoms with Gasteiger partial charge in [0.1, 0.15) is 5.60 Å². The van der Waals surface area contributed by atoms with E-state index in [9.17, 15) is 22.8 Å². The summed E-state index contributed by atoms with van der Waals surface area (Å²) in [6, 6.07) is 1.01. The Morgan fingerprint density at radius 3 is 2.75 bits per heavy atom. The third kappa shape index (κ3) is 7.32. The summed E-state index contributed by atoms with van der Waals surface area (Å²) in [4.78, 5) is 32.0. The lowest BCUT2D eigenvalue weighted by Crippen LogP contribution is -2.52. The molecule has 0 spiro atoms. The zero-order valence-corrected chi connectivity index (χ0v) is 23.5. The molecule has 4 atom stereocenters. The molecule has 222 valence electrons. The van der Waals surface area contributed by atoms with E-state index in [1.165, 1.54) is 0 Å². The number of nitrogens with one attached hydrogen (secondary N) is 2. The fourth-order valence-electron chi connectivity index (χ4n) is 5.58. The minimum absolute atomic E-state index is 0.0456. The van der Waals surface area contributed by atoms with E-state index in [1.807, 2.05) is 12.2 Å².